The fourth-order valence-electron chi connectivity index (χ4n) is 5.34. The monoisotopic (exact) mass is 472 g/mol. The van der Waals surface area contributed by atoms with E-state index < -0.39 is 29.5 Å². The normalized spacial score (nSPS) is 23.9. The van der Waals surface area contributed by atoms with E-state index in [4.69, 9.17) is 9.47 Å². The number of hydrogen-bond donors (Lipinski definition) is 1. The van der Waals surface area contributed by atoms with Gasteiger partial charge in [-0.1, -0.05) is 29.8 Å². The third kappa shape index (κ3) is 5.66. The van der Waals surface area contributed by atoms with Gasteiger partial charge in [0, 0.05) is 26.3 Å². The van der Waals surface area contributed by atoms with Crippen molar-refractivity contribution in [3.63, 3.8) is 0 Å². The number of benzene rings is 1. The Morgan fingerprint density at radius 1 is 1.24 bits per heavy atom. The van der Waals surface area contributed by atoms with E-state index in [9.17, 15) is 19.2 Å². The van der Waals surface area contributed by atoms with Gasteiger partial charge in [-0.05, 0) is 51.6 Å². The van der Waals surface area contributed by atoms with Crippen molar-refractivity contribution in [3.8, 4) is 0 Å². The SMILES string of the molecule is COC(=O)C(CC(=O)C1(Cc2cccc(C)c2)CCCN1C(=O)C1CCCN1)C(C)OC(C)=O. The first-order chi connectivity index (χ1) is 16.2. The van der Waals surface area contributed by atoms with Crippen LogP contribution in [0.3, 0.4) is 0 Å². The first kappa shape index (κ1) is 25.9. The van der Waals surface area contributed by atoms with Crippen LogP contribution in [0.1, 0.15) is 57.1 Å². The maximum Gasteiger partial charge on any atom is 0.312 e. The fourth-order valence-corrected chi connectivity index (χ4v) is 5.34. The second-order valence-corrected chi connectivity index (χ2v) is 9.51. The molecule has 34 heavy (non-hydrogen) atoms. The number of rotatable bonds is 9. The van der Waals surface area contributed by atoms with Crippen LogP contribution in [0.15, 0.2) is 24.3 Å². The molecule has 2 saturated heterocycles. The third-order valence-corrected chi connectivity index (χ3v) is 7.04. The van der Waals surface area contributed by atoms with E-state index >= 15 is 0 Å². The molecule has 3 rings (SSSR count). The second kappa shape index (κ2) is 11.1. The van der Waals surface area contributed by atoms with Gasteiger partial charge in [-0.3, -0.25) is 19.2 Å². The molecule has 2 fully saturated rings. The lowest BCUT2D eigenvalue weighted by molar-refractivity contribution is -0.160. The molecule has 0 radical (unpaired) electrons. The van der Waals surface area contributed by atoms with Gasteiger partial charge < -0.3 is 19.7 Å². The van der Waals surface area contributed by atoms with Gasteiger partial charge in [-0.2, -0.15) is 0 Å². The summed E-state index contributed by atoms with van der Waals surface area (Å²) in [4.78, 5) is 53.4. The van der Waals surface area contributed by atoms with Crippen molar-refractivity contribution in [1.29, 1.82) is 0 Å². The summed E-state index contributed by atoms with van der Waals surface area (Å²) in [5.41, 5.74) is 0.983. The largest absolute Gasteiger partial charge is 0.469 e. The number of methoxy groups -OCH3 is 1. The average Bonchev–Trinajstić information content (AvgIpc) is 3.47. The van der Waals surface area contributed by atoms with Crippen molar-refractivity contribution in [1.82, 2.24) is 10.2 Å². The number of hydrogen-bond acceptors (Lipinski definition) is 7. The van der Waals surface area contributed by atoms with E-state index in [-0.39, 0.29) is 24.2 Å². The van der Waals surface area contributed by atoms with Gasteiger partial charge in [0.15, 0.2) is 5.78 Å². The van der Waals surface area contributed by atoms with Gasteiger partial charge in [-0.15, -0.1) is 0 Å². The summed E-state index contributed by atoms with van der Waals surface area (Å²) in [7, 11) is 1.25. The van der Waals surface area contributed by atoms with Crippen LogP contribution < -0.4 is 5.32 Å². The Morgan fingerprint density at radius 2 is 2.00 bits per heavy atom. The highest BCUT2D eigenvalue weighted by atomic mass is 16.6. The minimum absolute atomic E-state index is 0.0568. The zero-order valence-corrected chi connectivity index (χ0v) is 20.6. The number of amides is 1. The molecule has 0 spiro atoms. The Balaban J connectivity index is 1.96. The molecule has 4 unspecified atom stereocenters. The van der Waals surface area contributed by atoms with Crippen molar-refractivity contribution in [2.24, 2.45) is 5.92 Å². The molecule has 8 nitrogen and oxygen atoms in total. The van der Waals surface area contributed by atoms with Crippen LogP contribution in [-0.2, 0) is 35.1 Å². The molecule has 2 heterocycles. The summed E-state index contributed by atoms with van der Waals surface area (Å²) in [5.74, 6) is -2.35. The number of ketones is 1. The van der Waals surface area contributed by atoms with Crippen molar-refractivity contribution in [3.05, 3.63) is 35.4 Å². The van der Waals surface area contributed by atoms with E-state index in [0.717, 1.165) is 30.5 Å². The van der Waals surface area contributed by atoms with Crippen molar-refractivity contribution in [2.75, 3.05) is 20.2 Å². The highest BCUT2D eigenvalue weighted by Crippen LogP contribution is 2.37. The van der Waals surface area contributed by atoms with Gasteiger partial charge in [0.2, 0.25) is 5.91 Å². The van der Waals surface area contributed by atoms with Gasteiger partial charge in [0.25, 0.3) is 0 Å². The molecule has 0 aromatic heterocycles. The Kier molecular flexibility index (Phi) is 8.47. The van der Waals surface area contributed by atoms with Gasteiger partial charge >= 0.3 is 11.9 Å². The first-order valence-corrected chi connectivity index (χ1v) is 12.1. The number of likely N-dealkylation sites (tertiary alicyclic amines) is 1. The molecule has 8 heteroatoms. The van der Waals surface area contributed by atoms with Crippen molar-refractivity contribution < 1.29 is 28.7 Å². The number of nitrogens with one attached hydrogen (secondary N) is 1. The minimum Gasteiger partial charge on any atom is -0.469 e. The van der Waals surface area contributed by atoms with Crippen LogP contribution in [0.4, 0.5) is 0 Å². The van der Waals surface area contributed by atoms with Crippen LogP contribution in [0, 0.1) is 12.8 Å². The molecule has 0 saturated carbocycles. The van der Waals surface area contributed by atoms with Crippen LogP contribution in [0.5, 0.6) is 0 Å². The van der Waals surface area contributed by atoms with E-state index in [2.05, 4.69) is 5.32 Å². The number of ether oxygens (including phenoxy) is 2. The Morgan fingerprint density at radius 3 is 2.62 bits per heavy atom. The van der Waals surface area contributed by atoms with Crippen LogP contribution in [0.2, 0.25) is 0 Å². The summed E-state index contributed by atoms with van der Waals surface area (Å²) < 4.78 is 10.2. The molecule has 0 aliphatic carbocycles. The molecule has 2 aliphatic heterocycles. The lowest BCUT2D eigenvalue weighted by atomic mass is 9.79. The standard InChI is InChI=1S/C26H36N2O6/c1-17-8-5-9-20(14-17)16-26(11-7-13-28(26)24(31)22-10-6-12-27-22)23(30)15-21(25(32)33-4)18(2)34-19(3)29/h5,8-9,14,18,21-22,27H,6-7,10-13,15-16H2,1-4H3. The predicted octanol–water partition coefficient (Wildman–Crippen LogP) is 2.35. The lowest BCUT2D eigenvalue weighted by Crippen LogP contribution is -2.58. The highest BCUT2D eigenvalue weighted by molar-refractivity contribution is 5.97. The van der Waals surface area contributed by atoms with Crippen LogP contribution in [0.25, 0.3) is 0 Å². The maximum absolute atomic E-state index is 14.0. The summed E-state index contributed by atoms with van der Waals surface area (Å²) in [6.07, 6.45) is 2.28. The molecule has 0 bridgehead atoms. The van der Waals surface area contributed by atoms with E-state index in [1.54, 1.807) is 11.8 Å². The Hall–Kier alpha value is -2.74. The quantitative estimate of drug-likeness (QED) is 0.551. The lowest BCUT2D eigenvalue weighted by Gasteiger charge is -2.40. The first-order valence-electron chi connectivity index (χ1n) is 12.1. The summed E-state index contributed by atoms with van der Waals surface area (Å²) >= 11 is 0. The minimum atomic E-state index is -1.06. The third-order valence-electron chi connectivity index (χ3n) is 7.04. The van der Waals surface area contributed by atoms with Gasteiger partial charge in [0.1, 0.15) is 17.6 Å². The molecule has 1 aromatic carbocycles. The van der Waals surface area contributed by atoms with E-state index in [0.29, 0.717) is 25.8 Å². The number of esters is 2. The summed E-state index contributed by atoms with van der Waals surface area (Å²) in [6.45, 7) is 6.12. The number of carbonyl (C=O) groups is 4. The van der Waals surface area contributed by atoms with Crippen LogP contribution >= 0.6 is 0 Å². The second-order valence-electron chi connectivity index (χ2n) is 9.51. The number of Topliss-reactive ketones (excluding diaryl/α,β-unsaturated/α-hetero) is 1. The number of carbonyl (C=O) groups excluding carboxylic acids is 4. The van der Waals surface area contributed by atoms with Crippen molar-refractivity contribution in [2.45, 2.75) is 77.0 Å². The van der Waals surface area contributed by atoms with Gasteiger partial charge in [-0.25, -0.2) is 0 Å². The molecule has 4 atom stereocenters. The van der Waals surface area contributed by atoms with Gasteiger partial charge in [0.05, 0.1) is 13.2 Å². The highest BCUT2D eigenvalue weighted by Gasteiger charge is 2.51. The summed E-state index contributed by atoms with van der Waals surface area (Å²) in [6, 6.07) is 7.65. The van der Waals surface area contributed by atoms with Crippen LogP contribution in [-0.4, -0.2) is 66.4 Å². The maximum atomic E-state index is 14.0. The summed E-state index contributed by atoms with van der Waals surface area (Å²) in [5, 5.41) is 3.26. The number of nitrogens with zero attached hydrogens (tertiary/aromatic N) is 1. The average molecular weight is 473 g/mol. The smallest absolute Gasteiger partial charge is 0.312 e. The molecule has 1 aromatic rings. The Labute approximate surface area is 201 Å². The molecule has 1 amide bonds. The van der Waals surface area contributed by atoms with Crippen molar-refractivity contribution >= 4 is 23.6 Å². The topological polar surface area (TPSA) is 102 Å². The molecule has 2 aliphatic rings. The number of aryl methyl sites for hydroxylation is 1. The van der Waals surface area contributed by atoms with E-state index in [1.807, 2.05) is 31.2 Å². The zero-order chi connectivity index (χ0) is 24.9. The van der Waals surface area contributed by atoms with E-state index in [1.165, 1.54) is 14.0 Å². The molecule has 1 N–H and O–H groups in total. The zero-order valence-electron chi connectivity index (χ0n) is 20.6. The molecular weight excluding hydrogens is 436 g/mol. The molecule has 186 valence electrons. The molecular formula is C26H36N2O6. The fraction of sp³-hybridized carbons (Fsp3) is 0.615. The predicted molar refractivity (Wildman–Crippen MR) is 126 cm³/mol. The Bertz CT molecular complexity index is 926.